The lowest BCUT2D eigenvalue weighted by Gasteiger charge is -2.22. The van der Waals surface area contributed by atoms with Crippen molar-refractivity contribution in [3.63, 3.8) is 0 Å². The van der Waals surface area contributed by atoms with Crippen LogP contribution in [0.4, 0.5) is 0 Å². The van der Waals surface area contributed by atoms with Crippen LogP contribution in [0, 0.1) is 10.1 Å². The molecule has 1 aliphatic heterocycles. The van der Waals surface area contributed by atoms with Crippen molar-refractivity contribution in [3.8, 4) is 0 Å². The normalized spacial score (nSPS) is 25.2. The number of benzene rings is 2. The first-order valence-corrected chi connectivity index (χ1v) is 7.32. The van der Waals surface area contributed by atoms with Crippen LogP contribution in [-0.4, -0.2) is 22.1 Å². The van der Waals surface area contributed by atoms with E-state index in [1.807, 2.05) is 60.7 Å². The third-order valence-corrected chi connectivity index (χ3v) is 3.98. The Balaban J connectivity index is 1.92. The molecule has 0 radical (unpaired) electrons. The Morgan fingerprint density at radius 3 is 2.27 bits per heavy atom. The third kappa shape index (κ3) is 2.86. The number of hydroxylamine groups is 2. The summed E-state index contributed by atoms with van der Waals surface area (Å²) in [6, 6.07) is 18.2. The number of nitro groups is 1. The highest BCUT2D eigenvalue weighted by molar-refractivity contribution is 5.22. The molecule has 2 aromatic carbocycles. The van der Waals surface area contributed by atoms with Gasteiger partial charge in [-0.2, -0.15) is 5.06 Å². The SMILES string of the molecule is C[C@@H]1ON(Cc2ccccc2)[C@H](c2ccccc2)[C@H]1[N+](=O)[O-]. The Bertz CT molecular complexity index is 633. The Labute approximate surface area is 129 Å². The van der Waals surface area contributed by atoms with Crippen LogP contribution in [0.25, 0.3) is 0 Å². The van der Waals surface area contributed by atoms with Crippen LogP contribution in [0.1, 0.15) is 24.1 Å². The summed E-state index contributed by atoms with van der Waals surface area (Å²) in [5.74, 6) is 0. The van der Waals surface area contributed by atoms with E-state index >= 15 is 0 Å². The summed E-state index contributed by atoms with van der Waals surface area (Å²) in [6.07, 6.45) is -0.455. The molecule has 0 saturated carbocycles. The van der Waals surface area contributed by atoms with Crippen molar-refractivity contribution in [3.05, 3.63) is 81.9 Å². The van der Waals surface area contributed by atoms with Gasteiger partial charge in [0.05, 0.1) is 6.54 Å². The lowest BCUT2D eigenvalue weighted by molar-refractivity contribution is -0.529. The van der Waals surface area contributed by atoms with Gasteiger partial charge in [0.15, 0.2) is 0 Å². The molecule has 22 heavy (non-hydrogen) atoms. The van der Waals surface area contributed by atoms with Crippen molar-refractivity contribution in [1.29, 1.82) is 0 Å². The largest absolute Gasteiger partial charge is 0.287 e. The van der Waals surface area contributed by atoms with E-state index in [9.17, 15) is 10.1 Å². The molecule has 0 unspecified atom stereocenters. The summed E-state index contributed by atoms with van der Waals surface area (Å²) in [7, 11) is 0. The number of hydrogen-bond acceptors (Lipinski definition) is 4. The van der Waals surface area contributed by atoms with E-state index in [0.717, 1.165) is 11.1 Å². The molecule has 1 saturated heterocycles. The smallest absolute Gasteiger partial charge is 0.262 e. The molecule has 5 heteroatoms. The van der Waals surface area contributed by atoms with E-state index in [4.69, 9.17) is 4.84 Å². The Kier molecular flexibility index (Phi) is 4.18. The van der Waals surface area contributed by atoms with E-state index in [1.165, 1.54) is 0 Å². The minimum absolute atomic E-state index is 0.229. The van der Waals surface area contributed by atoms with Gasteiger partial charge in [0, 0.05) is 4.92 Å². The number of hydrogen-bond donors (Lipinski definition) is 0. The zero-order chi connectivity index (χ0) is 15.5. The zero-order valence-corrected chi connectivity index (χ0v) is 12.3. The van der Waals surface area contributed by atoms with Gasteiger partial charge in [-0.05, 0) is 18.1 Å². The van der Waals surface area contributed by atoms with Gasteiger partial charge in [-0.1, -0.05) is 60.7 Å². The van der Waals surface area contributed by atoms with E-state index in [-0.39, 0.29) is 11.0 Å². The molecular formula is C17H18N2O3. The molecule has 3 atom stereocenters. The summed E-state index contributed by atoms with van der Waals surface area (Å²) < 4.78 is 0. The maximum atomic E-state index is 11.5. The minimum atomic E-state index is -0.772. The predicted molar refractivity (Wildman–Crippen MR) is 82.5 cm³/mol. The molecule has 1 aliphatic rings. The highest BCUT2D eigenvalue weighted by atomic mass is 16.7. The molecule has 3 rings (SSSR count). The van der Waals surface area contributed by atoms with E-state index in [2.05, 4.69) is 0 Å². The van der Waals surface area contributed by atoms with Crippen LogP contribution in [0.5, 0.6) is 0 Å². The van der Waals surface area contributed by atoms with Gasteiger partial charge in [-0.15, -0.1) is 0 Å². The van der Waals surface area contributed by atoms with Gasteiger partial charge in [0.25, 0.3) is 6.04 Å². The van der Waals surface area contributed by atoms with Crippen LogP contribution >= 0.6 is 0 Å². The first-order valence-electron chi connectivity index (χ1n) is 7.32. The average Bonchev–Trinajstić information content (AvgIpc) is 2.85. The molecule has 2 aromatic rings. The fraction of sp³-hybridized carbons (Fsp3) is 0.294. The Morgan fingerprint density at radius 1 is 1.09 bits per heavy atom. The molecule has 0 aliphatic carbocycles. The minimum Gasteiger partial charge on any atom is -0.287 e. The fourth-order valence-electron chi connectivity index (χ4n) is 2.97. The number of nitrogens with zero attached hydrogens (tertiary/aromatic N) is 2. The number of rotatable bonds is 4. The maximum absolute atomic E-state index is 11.5. The Hall–Kier alpha value is -2.24. The topological polar surface area (TPSA) is 55.6 Å². The van der Waals surface area contributed by atoms with Crippen molar-refractivity contribution < 1.29 is 9.76 Å². The van der Waals surface area contributed by atoms with Crippen molar-refractivity contribution in [2.45, 2.75) is 31.7 Å². The summed E-state index contributed by atoms with van der Waals surface area (Å²) in [5, 5.41) is 13.2. The summed E-state index contributed by atoms with van der Waals surface area (Å²) in [5.41, 5.74) is 1.98. The van der Waals surface area contributed by atoms with Gasteiger partial charge in [0.2, 0.25) is 0 Å². The molecular weight excluding hydrogens is 280 g/mol. The van der Waals surface area contributed by atoms with Crippen molar-refractivity contribution in [2.24, 2.45) is 0 Å². The first-order chi connectivity index (χ1) is 10.7. The zero-order valence-electron chi connectivity index (χ0n) is 12.3. The van der Waals surface area contributed by atoms with Crippen LogP contribution in [0.2, 0.25) is 0 Å². The quantitative estimate of drug-likeness (QED) is 0.642. The predicted octanol–water partition coefficient (Wildman–Crippen LogP) is 3.21. The highest BCUT2D eigenvalue weighted by Gasteiger charge is 2.49. The monoisotopic (exact) mass is 298 g/mol. The van der Waals surface area contributed by atoms with Crippen LogP contribution < -0.4 is 0 Å². The molecule has 0 bridgehead atoms. The maximum Gasteiger partial charge on any atom is 0.262 e. The summed E-state index contributed by atoms with van der Waals surface area (Å²) in [6.45, 7) is 2.28. The molecule has 0 N–H and O–H groups in total. The molecule has 0 spiro atoms. The standard InChI is InChI=1S/C17H18N2O3/c1-13-16(19(20)21)17(15-10-6-3-7-11-15)18(22-13)12-14-8-4-2-5-9-14/h2-11,13,16-17H,12H2,1H3/t13-,16-,17+/m0/s1. The second kappa shape index (κ2) is 6.25. The van der Waals surface area contributed by atoms with E-state index in [0.29, 0.717) is 6.54 Å². The van der Waals surface area contributed by atoms with Crippen molar-refractivity contribution in [2.75, 3.05) is 0 Å². The Morgan fingerprint density at radius 2 is 1.68 bits per heavy atom. The van der Waals surface area contributed by atoms with E-state index < -0.39 is 12.1 Å². The van der Waals surface area contributed by atoms with Crippen molar-refractivity contribution >= 4 is 0 Å². The van der Waals surface area contributed by atoms with Gasteiger partial charge < -0.3 is 0 Å². The molecule has 114 valence electrons. The van der Waals surface area contributed by atoms with Gasteiger partial charge in [0.1, 0.15) is 12.1 Å². The molecule has 1 heterocycles. The summed E-state index contributed by atoms with van der Waals surface area (Å²) >= 11 is 0. The van der Waals surface area contributed by atoms with Gasteiger partial charge in [-0.3, -0.25) is 15.0 Å². The third-order valence-electron chi connectivity index (χ3n) is 3.98. The molecule has 0 aromatic heterocycles. The second-order valence-corrected chi connectivity index (χ2v) is 5.50. The fourth-order valence-corrected chi connectivity index (χ4v) is 2.97. The molecule has 1 fully saturated rings. The lowest BCUT2D eigenvalue weighted by Crippen LogP contribution is -2.33. The van der Waals surface area contributed by atoms with Gasteiger partial charge in [-0.25, -0.2) is 0 Å². The van der Waals surface area contributed by atoms with Crippen molar-refractivity contribution in [1.82, 2.24) is 5.06 Å². The highest BCUT2D eigenvalue weighted by Crippen LogP contribution is 2.37. The molecule has 0 amide bonds. The average molecular weight is 298 g/mol. The second-order valence-electron chi connectivity index (χ2n) is 5.50. The van der Waals surface area contributed by atoms with Crippen LogP contribution in [0.3, 0.4) is 0 Å². The van der Waals surface area contributed by atoms with Crippen LogP contribution in [-0.2, 0) is 11.4 Å². The first kappa shape index (κ1) is 14.7. The lowest BCUT2D eigenvalue weighted by atomic mass is 9.97. The molecule has 5 nitrogen and oxygen atoms in total. The van der Waals surface area contributed by atoms with Crippen LogP contribution in [0.15, 0.2) is 60.7 Å². The summed E-state index contributed by atoms with van der Waals surface area (Å²) in [4.78, 5) is 17.1. The van der Waals surface area contributed by atoms with E-state index in [1.54, 1.807) is 12.0 Å². The van der Waals surface area contributed by atoms with Gasteiger partial charge >= 0.3 is 0 Å².